The lowest BCUT2D eigenvalue weighted by atomic mass is 9.89. The number of fused-ring (bicyclic) bond motifs is 7. The predicted octanol–water partition coefficient (Wildman–Crippen LogP) is 4.92. The van der Waals surface area contributed by atoms with Crippen LogP contribution in [-0.4, -0.2) is 17.7 Å². The number of nitrogens with zero attached hydrogens (tertiary/aromatic N) is 2. The highest BCUT2D eigenvalue weighted by Crippen LogP contribution is 2.56. The Morgan fingerprint density at radius 2 is 1.77 bits per heavy atom. The van der Waals surface area contributed by atoms with Gasteiger partial charge < -0.3 is 9.47 Å². The van der Waals surface area contributed by atoms with Gasteiger partial charge in [0.25, 0.3) is 0 Å². The van der Waals surface area contributed by atoms with Crippen LogP contribution in [0.2, 0.25) is 0 Å². The summed E-state index contributed by atoms with van der Waals surface area (Å²) in [6.45, 7) is 2.49. The van der Waals surface area contributed by atoms with Crippen LogP contribution in [0.1, 0.15) is 67.9 Å². The maximum absolute atomic E-state index is 2.68. The largest absolute Gasteiger partial charge is 0.371 e. The van der Waals surface area contributed by atoms with E-state index in [-0.39, 0.29) is 0 Å². The summed E-state index contributed by atoms with van der Waals surface area (Å²) in [5, 5.41) is 1.51. The number of hydrogen-bond acceptors (Lipinski definition) is 1. The molecule has 5 rings (SSSR count). The molecule has 0 unspecified atom stereocenters. The highest BCUT2D eigenvalue weighted by Gasteiger charge is 2.39. The minimum Gasteiger partial charge on any atom is -0.371 e. The number of anilines is 1. The summed E-state index contributed by atoms with van der Waals surface area (Å²) < 4.78 is 2.39. The fourth-order valence-electron chi connectivity index (χ4n) is 5.38. The van der Waals surface area contributed by atoms with E-state index in [1.165, 1.54) is 69.1 Å². The molecule has 22 heavy (non-hydrogen) atoms. The second kappa shape index (κ2) is 4.78. The summed E-state index contributed by atoms with van der Waals surface area (Å²) >= 11 is 0. The molecule has 2 heteroatoms. The normalized spacial score (nSPS) is 27.4. The van der Waals surface area contributed by atoms with E-state index in [0.29, 0.717) is 0 Å². The lowest BCUT2D eigenvalue weighted by Crippen LogP contribution is -2.24. The molecule has 2 heterocycles. The Bertz CT molecular complexity index is 719. The van der Waals surface area contributed by atoms with Crippen molar-refractivity contribution in [2.75, 3.05) is 18.0 Å². The number of hydrogen-bond donors (Lipinski definition) is 0. The molecule has 2 atom stereocenters. The van der Waals surface area contributed by atoms with Crippen molar-refractivity contribution in [1.82, 2.24) is 4.57 Å². The Balaban J connectivity index is 1.72. The fourth-order valence-corrected chi connectivity index (χ4v) is 5.38. The average Bonchev–Trinajstić information content (AvgIpc) is 3.17. The molecule has 1 aliphatic heterocycles. The maximum Gasteiger partial charge on any atom is 0.0536 e. The van der Waals surface area contributed by atoms with Crippen molar-refractivity contribution >= 4 is 16.6 Å². The smallest absolute Gasteiger partial charge is 0.0536 e. The number of benzene rings is 1. The van der Waals surface area contributed by atoms with Crippen molar-refractivity contribution < 1.29 is 0 Å². The van der Waals surface area contributed by atoms with E-state index in [2.05, 4.69) is 34.8 Å². The zero-order valence-electron chi connectivity index (χ0n) is 13.6. The van der Waals surface area contributed by atoms with Gasteiger partial charge in [-0.1, -0.05) is 12.8 Å². The second-order valence-electron chi connectivity index (χ2n) is 7.70. The van der Waals surface area contributed by atoms with E-state index in [4.69, 9.17) is 0 Å². The third kappa shape index (κ3) is 1.73. The van der Waals surface area contributed by atoms with Crippen molar-refractivity contribution in [3.8, 4) is 0 Å². The van der Waals surface area contributed by atoms with Crippen molar-refractivity contribution in [2.24, 2.45) is 7.05 Å². The van der Waals surface area contributed by atoms with E-state index in [0.717, 1.165) is 11.8 Å². The average molecular weight is 294 g/mol. The van der Waals surface area contributed by atoms with Gasteiger partial charge in [0.2, 0.25) is 0 Å². The highest BCUT2D eigenvalue weighted by molar-refractivity contribution is 5.97. The maximum atomic E-state index is 2.68. The first-order valence-corrected chi connectivity index (χ1v) is 9.19. The quantitative estimate of drug-likeness (QED) is 0.724. The molecule has 2 aliphatic carbocycles. The van der Waals surface area contributed by atoms with Crippen LogP contribution in [0.25, 0.3) is 10.9 Å². The molecule has 116 valence electrons. The van der Waals surface area contributed by atoms with E-state index >= 15 is 0 Å². The Hall–Kier alpha value is -1.44. The topological polar surface area (TPSA) is 8.17 Å². The Morgan fingerprint density at radius 1 is 1.00 bits per heavy atom. The Morgan fingerprint density at radius 3 is 2.59 bits per heavy atom. The van der Waals surface area contributed by atoms with E-state index in [1.807, 2.05) is 0 Å². The van der Waals surface area contributed by atoms with Crippen molar-refractivity contribution in [1.29, 1.82) is 0 Å². The number of aryl methyl sites for hydroxylation is 1. The molecule has 0 radical (unpaired) electrons. The molecular formula is C20H26N2. The third-order valence-corrected chi connectivity index (χ3v) is 6.43. The van der Waals surface area contributed by atoms with Gasteiger partial charge in [0.1, 0.15) is 0 Å². The minimum atomic E-state index is 0.842. The second-order valence-corrected chi connectivity index (χ2v) is 7.70. The molecule has 0 spiro atoms. The van der Waals surface area contributed by atoms with Crippen LogP contribution in [-0.2, 0) is 7.05 Å². The van der Waals surface area contributed by atoms with Gasteiger partial charge >= 0.3 is 0 Å². The molecule has 1 aromatic heterocycles. The zero-order chi connectivity index (χ0) is 14.7. The van der Waals surface area contributed by atoms with Gasteiger partial charge in [-0.15, -0.1) is 0 Å². The first kappa shape index (κ1) is 13.0. The lowest BCUT2D eigenvalue weighted by molar-refractivity contribution is 0.716. The predicted molar refractivity (Wildman–Crippen MR) is 92.9 cm³/mol. The van der Waals surface area contributed by atoms with E-state index in [1.54, 1.807) is 16.6 Å². The molecule has 3 aliphatic rings. The first-order valence-electron chi connectivity index (χ1n) is 9.19. The van der Waals surface area contributed by atoms with Gasteiger partial charge in [-0.25, -0.2) is 0 Å². The summed E-state index contributed by atoms with van der Waals surface area (Å²) in [6, 6.07) is 4.95. The third-order valence-electron chi connectivity index (χ3n) is 6.43. The Kier molecular flexibility index (Phi) is 2.83. The van der Waals surface area contributed by atoms with E-state index in [9.17, 15) is 0 Å². The number of rotatable bonds is 1. The molecule has 1 saturated heterocycles. The van der Waals surface area contributed by atoms with E-state index < -0.39 is 0 Å². The van der Waals surface area contributed by atoms with Crippen LogP contribution in [0.3, 0.4) is 0 Å². The number of aromatic nitrogens is 1. The summed E-state index contributed by atoms with van der Waals surface area (Å²) in [7, 11) is 2.24. The molecule has 2 bridgehead atoms. The van der Waals surface area contributed by atoms with Crippen LogP contribution < -0.4 is 4.90 Å². The van der Waals surface area contributed by atoms with Gasteiger partial charge in [0.15, 0.2) is 0 Å². The van der Waals surface area contributed by atoms with Crippen LogP contribution in [0.5, 0.6) is 0 Å². The molecule has 2 aromatic rings. The minimum absolute atomic E-state index is 0.842. The van der Waals surface area contributed by atoms with Gasteiger partial charge in [-0.05, 0) is 67.2 Å². The molecule has 1 aromatic carbocycles. The highest BCUT2D eigenvalue weighted by atomic mass is 15.1. The van der Waals surface area contributed by atoms with Gasteiger partial charge in [-0.3, -0.25) is 0 Å². The van der Waals surface area contributed by atoms with Crippen molar-refractivity contribution in [2.45, 2.75) is 56.8 Å². The van der Waals surface area contributed by atoms with Gasteiger partial charge in [0.05, 0.1) is 5.52 Å². The molecule has 0 N–H and O–H groups in total. The first-order chi connectivity index (χ1) is 10.8. The molecular weight excluding hydrogens is 268 g/mol. The zero-order valence-corrected chi connectivity index (χ0v) is 13.6. The molecule has 2 fully saturated rings. The van der Waals surface area contributed by atoms with Crippen LogP contribution in [0, 0.1) is 0 Å². The van der Waals surface area contributed by atoms with Crippen molar-refractivity contribution in [3.63, 3.8) is 0 Å². The monoisotopic (exact) mass is 294 g/mol. The summed E-state index contributed by atoms with van der Waals surface area (Å²) in [4.78, 5) is 2.68. The van der Waals surface area contributed by atoms with Crippen molar-refractivity contribution in [3.05, 3.63) is 29.5 Å². The Labute approximate surface area is 133 Å². The van der Waals surface area contributed by atoms with Crippen LogP contribution >= 0.6 is 0 Å². The fraction of sp³-hybridized carbons (Fsp3) is 0.600. The van der Waals surface area contributed by atoms with Gasteiger partial charge in [0, 0.05) is 37.4 Å². The standard InChI is InChI=1S/C20H26N2/c1-21-11-8-16-18(22-9-4-2-3-5-10-22)13-17-14-6-7-15(12-14)19(17)20(16)21/h8,11,13-15H,2-7,9-10,12H2,1H3/t14-,15+/m0/s1. The molecule has 0 amide bonds. The van der Waals surface area contributed by atoms with Crippen LogP contribution in [0.15, 0.2) is 18.3 Å². The summed E-state index contributed by atoms with van der Waals surface area (Å²) in [6.07, 6.45) is 12.1. The molecule has 1 saturated carbocycles. The lowest BCUT2D eigenvalue weighted by Gasteiger charge is -2.27. The van der Waals surface area contributed by atoms with Gasteiger partial charge in [-0.2, -0.15) is 0 Å². The SMILES string of the molecule is Cn1ccc2c(N3CCCCCC3)cc3c(c21)[C@@H]1CC[C@H]3C1. The summed E-state index contributed by atoms with van der Waals surface area (Å²) in [5.74, 6) is 1.69. The molecule has 2 nitrogen and oxygen atoms in total. The van der Waals surface area contributed by atoms with Crippen LogP contribution in [0.4, 0.5) is 5.69 Å². The summed E-state index contributed by atoms with van der Waals surface area (Å²) in [5.41, 5.74) is 6.48.